The molecule has 0 saturated carbocycles. The van der Waals surface area contributed by atoms with Crippen LogP contribution in [0.4, 0.5) is 5.69 Å². The van der Waals surface area contributed by atoms with Crippen molar-refractivity contribution in [2.24, 2.45) is 0 Å². The Morgan fingerprint density at radius 1 is 1.03 bits per heavy atom. The molecule has 174 valence electrons. The number of aromatic nitrogens is 2. The third-order valence-corrected chi connectivity index (χ3v) is 7.93. The number of carbonyl (C=O) groups is 1. The van der Waals surface area contributed by atoms with Crippen LogP contribution in [0.1, 0.15) is 73.7 Å². The first-order valence-corrected chi connectivity index (χ1v) is 12.7. The predicted molar refractivity (Wildman–Crippen MR) is 118 cm³/mol. The van der Waals surface area contributed by atoms with Gasteiger partial charge in [0, 0.05) is 33.1 Å². The van der Waals surface area contributed by atoms with Crippen molar-refractivity contribution in [2.45, 2.75) is 63.4 Å². The number of esters is 1. The zero-order valence-electron chi connectivity index (χ0n) is 18.6. The van der Waals surface area contributed by atoms with Crippen molar-refractivity contribution < 1.29 is 22.4 Å². The minimum absolute atomic E-state index is 0.178. The molecule has 0 amide bonds. The summed E-state index contributed by atoms with van der Waals surface area (Å²) in [5.74, 6) is -0.0562. The van der Waals surface area contributed by atoms with Crippen LogP contribution in [0.25, 0.3) is 0 Å². The highest BCUT2D eigenvalue weighted by Gasteiger charge is 2.31. The minimum atomic E-state index is -3.73. The number of anilines is 1. The highest BCUT2D eigenvalue weighted by molar-refractivity contribution is 7.89. The Morgan fingerprint density at radius 2 is 1.69 bits per heavy atom. The average Bonchev–Trinajstić information content (AvgIpc) is 3.26. The summed E-state index contributed by atoms with van der Waals surface area (Å²) in [5.41, 5.74) is 0.844. The molecule has 1 unspecified atom stereocenters. The number of benzene rings is 1. The van der Waals surface area contributed by atoms with E-state index in [0.29, 0.717) is 24.7 Å². The highest BCUT2D eigenvalue weighted by Crippen LogP contribution is 2.33. The van der Waals surface area contributed by atoms with E-state index in [1.165, 1.54) is 10.4 Å². The van der Waals surface area contributed by atoms with Crippen molar-refractivity contribution in [1.29, 1.82) is 0 Å². The van der Waals surface area contributed by atoms with Crippen molar-refractivity contribution in [3.63, 3.8) is 0 Å². The van der Waals surface area contributed by atoms with Crippen molar-refractivity contribution in [1.82, 2.24) is 14.5 Å². The molecule has 0 bridgehead atoms. The topological polar surface area (TPSA) is 106 Å². The van der Waals surface area contributed by atoms with Crippen LogP contribution in [0.3, 0.4) is 0 Å². The van der Waals surface area contributed by atoms with E-state index in [9.17, 15) is 13.2 Å². The largest absolute Gasteiger partial charge is 0.449 e. The number of rotatable bonds is 6. The molecule has 1 atom stereocenters. The Balaban J connectivity index is 1.65. The number of hydrogen-bond acceptors (Lipinski definition) is 8. The van der Waals surface area contributed by atoms with Crippen molar-refractivity contribution in [3.05, 3.63) is 35.5 Å². The van der Waals surface area contributed by atoms with Crippen molar-refractivity contribution in [2.75, 3.05) is 31.1 Å². The van der Waals surface area contributed by atoms with Crippen LogP contribution < -0.4 is 4.90 Å². The molecule has 0 radical (unpaired) electrons. The number of sulfonamides is 1. The molecule has 2 saturated heterocycles. The lowest BCUT2D eigenvalue weighted by Gasteiger charge is -2.33. The van der Waals surface area contributed by atoms with Gasteiger partial charge in [0.05, 0.1) is 11.3 Å². The molecule has 3 heterocycles. The summed E-state index contributed by atoms with van der Waals surface area (Å²) in [5, 5.41) is 7.63. The number of nitrogens with zero attached hydrogens (tertiary/aromatic N) is 4. The van der Waals surface area contributed by atoms with Crippen molar-refractivity contribution in [3.8, 4) is 0 Å². The number of piperidine rings is 2. The predicted octanol–water partition coefficient (Wildman–Crippen LogP) is 3.46. The molecule has 10 heteroatoms. The van der Waals surface area contributed by atoms with Gasteiger partial charge in [-0.3, -0.25) is 0 Å². The SMILES string of the molecule is Cc1nnc(C(C)OC(=O)c2ccc(N3CCCCC3)c(S(=O)(=O)N3CCCCC3)c2)o1. The summed E-state index contributed by atoms with van der Waals surface area (Å²) in [7, 11) is -3.73. The maximum absolute atomic E-state index is 13.6. The molecular weight excluding hydrogens is 432 g/mol. The second-order valence-corrected chi connectivity index (χ2v) is 10.3. The standard InChI is InChI=1S/C22H30N4O5S/c1-16(21-24-23-17(2)31-21)30-22(27)18-9-10-19(25-11-5-3-6-12-25)20(15-18)32(28,29)26-13-7-4-8-14-26/h9-10,15-16H,3-8,11-14H2,1-2H3. The first-order chi connectivity index (χ1) is 15.4. The van der Waals surface area contributed by atoms with E-state index in [1.807, 2.05) is 0 Å². The normalized spacial score (nSPS) is 19.0. The molecule has 2 aromatic rings. The number of hydrogen-bond donors (Lipinski definition) is 0. The van der Waals surface area contributed by atoms with Gasteiger partial charge in [-0.2, -0.15) is 4.31 Å². The molecular formula is C22H30N4O5S. The van der Waals surface area contributed by atoms with E-state index >= 15 is 0 Å². The average molecular weight is 463 g/mol. The van der Waals surface area contributed by atoms with Crippen LogP contribution in [0, 0.1) is 6.92 Å². The van der Waals surface area contributed by atoms with Gasteiger partial charge in [0.25, 0.3) is 5.89 Å². The van der Waals surface area contributed by atoms with E-state index in [4.69, 9.17) is 9.15 Å². The monoisotopic (exact) mass is 462 g/mol. The smallest absolute Gasteiger partial charge is 0.338 e. The quantitative estimate of drug-likeness (QED) is 0.601. The molecule has 0 N–H and O–H groups in total. The van der Waals surface area contributed by atoms with Gasteiger partial charge in [0.1, 0.15) is 4.90 Å². The first-order valence-electron chi connectivity index (χ1n) is 11.3. The fourth-order valence-electron chi connectivity index (χ4n) is 4.24. The van der Waals surface area contributed by atoms with Crippen LogP contribution in [-0.2, 0) is 14.8 Å². The fraction of sp³-hybridized carbons (Fsp3) is 0.591. The van der Waals surface area contributed by atoms with Crippen LogP contribution >= 0.6 is 0 Å². The Morgan fingerprint density at radius 3 is 2.31 bits per heavy atom. The Kier molecular flexibility index (Phi) is 6.80. The number of ether oxygens (including phenoxy) is 1. The maximum atomic E-state index is 13.6. The Labute approximate surface area is 188 Å². The van der Waals surface area contributed by atoms with E-state index in [1.54, 1.807) is 26.0 Å². The van der Waals surface area contributed by atoms with Crippen molar-refractivity contribution >= 4 is 21.7 Å². The molecule has 9 nitrogen and oxygen atoms in total. The molecule has 2 aliphatic heterocycles. The van der Waals surface area contributed by atoms with Gasteiger partial charge in [-0.05, 0) is 57.2 Å². The minimum Gasteiger partial charge on any atom is -0.449 e. The molecule has 4 rings (SSSR count). The van der Waals surface area contributed by atoms with E-state index in [-0.39, 0.29) is 16.3 Å². The summed E-state index contributed by atoms with van der Waals surface area (Å²) < 4.78 is 39.5. The molecule has 2 aliphatic rings. The van der Waals surface area contributed by atoms with E-state index < -0.39 is 22.1 Å². The third-order valence-electron chi connectivity index (χ3n) is 6.00. The summed E-state index contributed by atoms with van der Waals surface area (Å²) in [6.45, 7) is 5.91. The van der Waals surface area contributed by atoms with Gasteiger partial charge in [-0.25, -0.2) is 13.2 Å². The van der Waals surface area contributed by atoms with Gasteiger partial charge >= 0.3 is 5.97 Å². The number of carbonyl (C=O) groups excluding carboxylic acids is 1. The van der Waals surface area contributed by atoms with Crippen LogP contribution in [0.5, 0.6) is 0 Å². The van der Waals surface area contributed by atoms with Gasteiger partial charge in [-0.15, -0.1) is 10.2 Å². The lowest BCUT2D eigenvalue weighted by molar-refractivity contribution is 0.0276. The fourth-order valence-corrected chi connectivity index (χ4v) is 6.00. The van der Waals surface area contributed by atoms with E-state index in [0.717, 1.165) is 51.6 Å². The zero-order valence-corrected chi connectivity index (χ0v) is 19.4. The first kappa shape index (κ1) is 22.7. The summed E-state index contributed by atoms with van der Waals surface area (Å²) in [6.07, 6.45) is 5.17. The lowest BCUT2D eigenvalue weighted by Crippen LogP contribution is -2.37. The summed E-state index contributed by atoms with van der Waals surface area (Å²) >= 11 is 0. The molecule has 2 fully saturated rings. The summed E-state index contributed by atoms with van der Waals surface area (Å²) in [4.78, 5) is 15.1. The second kappa shape index (κ2) is 9.58. The van der Waals surface area contributed by atoms with Crippen LogP contribution in [0.15, 0.2) is 27.5 Å². The van der Waals surface area contributed by atoms with Gasteiger partial charge in [0.15, 0.2) is 6.10 Å². The summed E-state index contributed by atoms with van der Waals surface area (Å²) in [6, 6.07) is 4.83. The molecule has 0 spiro atoms. The molecule has 1 aromatic heterocycles. The third kappa shape index (κ3) is 4.80. The van der Waals surface area contributed by atoms with Crippen LogP contribution in [-0.4, -0.2) is 55.1 Å². The maximum Gasteiger partial charge on any atom is 0.338 e. The zero-order chi connectivity index (χ0) is 22.7. The highest BCUT2D eigenvalue weighted by atomic mass is 32.2. The second-order valence-electron chi connectivity index (χ2n) is 8.40. The van der Waals surface area contributed by atoms with Gasteiger partial charge in [-0.1, -0.05) is 6.42 Å². The van der Waals surface area contributed by atoms with Gasteiger partial charge < -0.3 is 14.1 Å². The number of aryl methyl sites for hydroxylation is 1. The lowest BCUT2D eigenvalue weighted by atomic mass is 10.1. The van der Waals surface area contributed by atoms with E-state index in [2.05, 4.69) is 15.1 Å². The Bertz CT molecular complexity index is 1060. The molecule has 32 heavy (non-hydrogen) atoms. The van der Waals surface area contributed by atoms with Crippen LogP contribution in [0.2, 0.25) is 0 Å². The van der Waals surface area contributed by atoms with Gasteiger partial charge in [0.2, 0.25) is 15.9 Å². The molecule has 1 aromatic carbocycles. The Hall–Kier alpha value is -2.46. The molecule has 0 aliphatic carbocycles.